The van der Waals surface area contributed by atoms with E-state index in [0.29, 0.717) is 6.54 Å². The predicted molar refractivity (Wildman–Crippen MR) is 70.5 cm³/mol. The second-order valence-corrected chi connectivity index (χ2v) is 4.85. The SMILES string of the molecule is CSCCCCCCNC(=O)N[C@H](C)C(=O)O. The zero-order chi connectivity index (χ0) is 13.1. The summed E-state index contributed by atoms with van der Waals surface area (Å²) in [5, 5.41) is 13.6. The first-order chi connectivity index (χ1) is 8.07. The molecule has 2 amide bonds. The smallest absolute Gasteiger partial charge is 0.325 e. The quantitative estimate of drug-likeness (QED) is 0.552. The third kappa shape index (κ3) is 9.99. The van der Waals surface area contributed by atoms with Crippen LogP contribution >= 0.6 is 11.8 Å². The van der Waals surface area contributed by atoms with Crippen LogP contribution in [0.1, 0.15) is 32.6 Å². The van der Waals surface area contributed by atoms with Gasteiger partial charge in [-0.25, -0.2) is 4.79 Å². The minimum Gasteiger partial charge on any atom is -0.480 e. The number of amides is 2. The molecule has 0 saturated heterocycles. The highest BCUT2D eigenvalue weighted by Gasteiger charge is 2.12. The first kappa shape index (κ1) is 16.1. The fourth-order valence-electron chi connectivity index (χ4n) is 1.24. The number of carboxylic acids is 1. The minimum absolute atomic E-state index is 0.413. The molecule has 0 spiro atoms. The van der Waals surface area contributed by atoms with Gasteiger partial charge in [-0.3, -0.25) is 4.79 Å². The van der Waals surface area contributed by atoms with Gasteiger partial charge in [0, 0.05) is 6.54 Å². The van der Waals surface area contributed by atoms with Gasteiger partial charge in [0.25, 0.3) is 0 Å². The van der Waals surface area contributed by atoms with Crippen molar-refractivity contribution in [1.29, 1.82) is 0 Å². The second kappa shape index (κ2) is 10.3. The van der Waals surface area contributed by atoms with Crippen LogP contribution in [0.15, 0.2) is 0 Å². The standard InChI is InChI=1S/C11H22N2O3S/c1-9(10(14)15)13-11(16)12-7-5-3-4-6-8-17-2/h9H,3-8H2,1-2H3,(H,14,15)(H2,12,13,16)/t9-/m1/s1. The topological polar surface area (TPSA) is 78.4 Å². The van der Waals surface area contributed by atoms with E-state index in [1.54, 1.807) is 0 Å². The Morgan fingerprint density at radius 3 is 2.47 bits per heavy atom. The molecule has 0 aliphatic rings. The fourth-order valence-corrected chi connectivity index (χ4v) is 1.73. The maximum Gasteiger partial charge on any atom is 0.325 e. The van der Waals surface area contributed by atoms with Gasteiger partial charge in [0.1, 0.15) is 6.04 Å². The molecule has 0 fully saturated rings. The van der Waals surface area contributed by atoms with Crippen molar-refractivity contribution < 1.29 is 14.7 Å². The number of nitrogens with one attached hydrogen (secondary N) is 2. The molecular formula is C11H22N2O3S. The summed E-state index contributed by atoms with van der Waals surface area (Å²) >= 11 is 1.84. The first-order valence-electron chi connectivity index (χ1n) is 5.84. The summed E-state index contributed by atoms with van der Waals surface area (Å²) in [6, 6.07) is -1.26. The summed E-state index contributed by atoms with van der Waals surface area (Å²) in [5.41, 5.74) is 0. The largest absolute Gasteiger partial charge is 0.480 e. The van der Waals surface area contributed by atoms with Gasteiger partial charge >= 0.3 is 12.0 Å². The van der Waals surface area contributed by atoms with Gasteiger partial charge in [-0.1, -0.05) is 12.8 Å². The van der Waals surface area contributed by atoms with Gasteiger partial charge in [-0.05, 0) is 31.8 Å². The average molecular weight is 262 g/mol. The summed E-state index contributed by atoms with van der Waals surface area (Å²) in [5.74, 6) is 0.154. The van der Waals surface area contributed by atoms with Crippen LogP contribution in [0.25, 0.3) is 0 Å². The van der Waals surface area contributed by atoms with Gasteiger partial charge in [0.05, 0.1) is 0 Å². The first-order valence-corrected chi connectivity index (χ1v) is 7.23. The number of thioether (sulfide) groups is 1. The Labute approximate surface area is 107 Å². The molecule has 0 aromatic heterocycles. The highest BCUT2D eigenvalue weighted by atomic mass is 32.2. The number of carboxylic acid groups (broad SMARTS) is 1. The second-order valence-electron chi connectivity index (χ2n) is 3.87. The normalized spacial score (nSPS) is 11.9. The van der Waals surface area contributed by atoms with Crippen LogP contribution in [0.2, 0.25) is 0 Å². The summed E-state index contributed by atoms with van der Waals surface area (Å²) in [4.78, 5) is 21.7. The van der Waals surface area contributed by atoms with E-state index in [0.717, 1.165) is 12.8 Å². The summed E-state index contributed by atoms with van der Waals surface area (Å²) in [6.07, 6.45) is 6.51. The van der Waals surface area contributed by atoms with Crippen LogP contribution in [-0.2, 0) is 4.79 Å². The van der Waals surface area contributed by atoms with E-state index in [9.17, 15) is 9.59 Å². The van der Waals surface area contributed by atoms with Crippen LogP contribution in [0.3, 0.4) is 0 Å². The number of unbranched alkanes of at least 4 members (excludes halogenated alkanes) is 3. The molecule has 0 aliphatic heterocycles. The van der Waals surface area contributed by atoms with Crippen molar-refractivity contribution >= 4 is 23.8 Å². The molecule has 0 heterocycles. The third-order valence-corrected chi connectivity index (χ3v) is 2.98. The van der Waals surface area contributed by atoms with E-state index < -0.39 is 18.0 Å². The predicted octanol–water partition coefficient (Wildman–Crippen LogP) is 1.68. The van der Waals surface area contributed by atoms with E-state index in [-0.39, 0.29) is 0 Å². The van der Waals surface area contributed by atoms with E-state index in [1.807, 2.05) is 11.8 Å². The number of rotatable bonds is 9. The van der Waals surface area contributed by atoms with Crippen molar-refractivity contribution in [3.63, 3.8) is 0 Å². The number of carbonyl (C=O) groups is 2. The molecule has 0 unspecified atom stereocenters. The van der Waals surface area contributed by atoms with Gasteiger partial charge in [0.15, 0.2) is 0 Å². The number of carbonyl (C=O) groups excluding carboxylic acids is 1. The van der Waals surface area contributed by atoms with Gasteiger partial charge in [0.2, 0.25) is 0 Å². The van der Waals surface area contributed by atoms with Crippen LogP contribution in [0.5, 0.6) is 0 Å². The van der Waals surface area contributed by atoms with Crippen molar-refractivity contribution in [1.82, 2.24) is 10.6 Å². The number of hydrogen-bond acceptors (Lipinski definition) is 3. The Balaban J connectivity index is 3.36. The molecule has 0 radical (unpaired) electrons. The monoisotopic (exact) mass is 262 g/mol. The Kier molecular flexibility index (Phi) is 9.71. The maximum absolute atomic E-state index is 11.2. The highest BCUT2D eigenvalue weighted by molar-refractivity contribution is 7.98. The maximum atomic E-state index is 11.2. The van der Waals surface area contributed by atoms with Crippen molar-refractivity contribution in [2.45, 2.75) is 38.6 Å². The van der Waals surface area contributed by atoms with E-state index in [4.69, 9.17) is 5.11 Å². The molecule has 3 N–H and O–H groups in total. The summed E-state index contributed by atoms with van der Waals surface area (Å²) in [7, 11) is 0. The lowest BCUT2D eigenvalue weighted by Gasteiger charge is -2.10. The van der Waals surface area contributed by atoms with Gasteiger partial charge in [-0.2, -0.15) is 11.8 Å². The summed E-state index contributed by atoms with van der Waals surface area (Å²) < 4.78 is 0. The zero-order valence-electron chi connectivity index (χ0n) is 10.5. The van der Waals surface area contributed by atoms with Crippen molar-refractivity contribution in [3.05, 3.63) is 0 Å². The van der Waals surface area contributed by atoms with Crippen LogP contribution in [0.4, 0.5) is 4.79 Å². The summed E-state index contributed by atoms with van der Waals surface area (Å²) in [6.45, 7) is 2.03. The molecule has 5 nitrogen and oxygen atoms in total. The molecule has 0 bridgehead atoms. The Morgan fingerprint density at radius 2 is 1.88 bits per heavy atom. The minimum atomic E-state index is -1.03. The highest BCUT2D eigenvalue weighted by Crippen LogP contribution is 2.03. The molecule has 1 atom stereocenters. The molecule has 6 heteroatoms. The molecule has 0 rings (SSSR count). The lowest BCUT2D eigenvalue weighted by molar-refractivity contribution is -0.138. The van der Waals surface area contributed by atoms with E-state index >= 15 is 0 Å². The average Bonchev–Trinajstić information content (AvgIpc) is 2.27. The zero-order valence-corrected chi connectivity index (χ0v) is 11.3. The molecule has 100 valence electrons. The molecule has 0 saturated carbocycles. The molecule has 17 heavy (non-hydrogen) atoms. The van der Waals surface area contributed by atoms with Crippen LogP contribution in [-0.4, -0.2) is 41.7 Å². The Hall–Kier alpha value is -0.910. The van der Waals surface area contributed by atoms with Crippen molar-refractivity contribution in [2.75, 3.05) is 18.6 Å². The van der Waals surface area contributed by atoms with Crippen molar-refractivity contribution in [3.8, 4) is 0 Å². The number of aliphatic carboxylic acids is 1. The van der Waals surface area contributed by atoms with E-state index in [1.165, 1.54) is 25.5 Å². The molecule has 0 aromatic carbocycles. The van der Waals surface area contributed by atoms with E-state index in [2.05, 4.69) is 16.9 Å². The Morgan fingerprint density at radius 1 is 1.24 bits per heavy atom. The lowest BCUT2D eigenvalue weighted by atomic mass is 10.2. The molecular weight excluding hydrogens is 240 g/mol. The van der Waals surface area contributed by atoms with Crippen molar-refractivity contribution in [2.24, 2.45) is 0 Å². The van der Waals surface area contributed by atoms with Gasteiger partial charge in [-0.15, -0.1) is 0 Å². The van der Waals surface area contributed by atoms with Crippen LogP contribution in [0, 0.1) is 0 Å². The fraction of sp³-hybridized carbons (Fsp3) is 0.818. The number of urea groups is 1. The molecule has 0 aliphatic carbocycles. The molecule has 0 aromatic rings. The number of hydrogen-bond donors (Lipinski definition) is 3. The van der Waals surface area contributed by atoms with Crippen LogP contribution < -0.4 is 10.6 Å². The third-order valence-electron chi connectivity index (χ3n) is 2.28. The Bertz CT molecular complexity index is 237. The lowest BCUT2D eigenvalue weighted by Crippen LogP contribution is -2.44. The van der Waals surface area contributed by atoms with Gasteiger partial charge < -0.3 is 15.7 Å².